The van der Waals surface area contributed by atoms with Gasteiger partial charge in [-0.1, -0.05) is 12.8 Å². The third-order valence-electron chi connectivity index (χ3n) is 2.18. The molecule has 1 aromatic heterocycles. The average molecular weight is 272 g/mol. The molecule has 0 saturated heterocycles. The predicted octanol–water partition coefficient (Wildman–Crippen LogP) is 2.78. The zero-order valence-corrected chi connectivity index (χ0v) is 10.5. The molecule has 0 aliphatic rings. The summed E-state index contributed by atoms with van der Waals surface area (Å²) in [6.45, 7) is 1.78. The molecule has 4 heteroatoms. The molecule has 1 heterocycles. The highest BCUT2D eigenvalue weighted by Gasteiger charge is 1.97. The molecule has 0 fully saturated rings. The van der Waals surface area contributed by atoms with E-state index in [1.54, 1.807) is 6.20 Å². The van der Waals surface area contributed by atoms with E-state index in [2.05, 4.69) is 26.2 Å². The molecule has 0 aliphatic heterocycles. The Morgan fingerprint density at radius 3 is 2.80 bits per heavy atom. The molecule has 3 N–H and O–H groups in total. The molecule has 0 aliphatic carbocycles. The van der Waals surface area contributed by atoms with E-state index in [1.165, 1.54) is 19.3 Å². The molecule has 0 amide bonds. The minimum absolute atomic E-state index is 0.805. The Bertz CT molecular complexity index is 278. The van der Waals surface area contributed by atoms with Gasteiger partial charge in [-0.15, -0.1) is 0 Å². The fourth-order valence-electron chi connectivity index (χ4n) is 1.35. The Kier molecular flexibility index (Phi) is 6.36. The summed E-state index contributed by atoms with van der Waals surface area (Å²) in [6, 6.07) is 3.90. The van der Waals surface area contributed by atoms with Crippen molar-refractivity contribution >= 4 is 21.7 Å². The summed E-state index contributed by atoms with van der Waals surface area (Å²) in [4.78, 5) is 4.23. The van der Waals surface area contributed by atoms with E-state index in [4.69, 9.17) is 5.73 Å². The number of nitrogens with two attached hydrogens (primary N) is 1. The molecule has 0 unspecified atom stereocenters. The summed E-state index contributed by atoms with van der Waals surface area (Å²) in [5.41, 5.74) is 5.42. The van der Waals surface area contributed by atoms with Crippen LogP contribution in [0.3, 0.4) is 0 Å². The van der Waals surface area contributed by atoms with Gasteiger partial charge in [-0.2, -0.15) is 0 Å². The fraction of sp³-hybridized carbons (Fsp3) is 0.545. The van der Waals surface area contributed by atoms with Crippen LogP contribution >= 0.6 is 15.9 Å². The predicted molar refractivity (Wildman–Crippen MR) is 67.9 cm³/mol. The molecular formula is C11H18BrN3. The summed E-state index contributed by atoms with van der Waals surface area (Å²) >= 11 is 3.45. The standard InChI is InChI=1S/C11H18BrN3/c12-10-6-5-9-15-11(10)14-8-4-2-1-3-7-13/h5-6,9H,1-4,7-8,13H2,(H,14,15). The van der Waals surface area contributed by atoms with Crippen molar-refractivity contribution in [3.05, 3.63) is 22.8 Å². The van der Waals surface area contributed by atoms with Gasteiger partial charge in [0.2, 0.25) is 0 Å². The van der Waals surface area contributed by atoms with Gasteiger partial charge in [0.15, 0.2) is 0 Å². The largest absolute Gasteiger partial charge is 0.369 e. The van der Waals surface area contributed by atoms with Crippen molar-refractivity contribution in [1.82, 2.24) is 4.98 Å². The van der Waals surface area contributed by atoms with Gasteiger partial charge in [0.05, 0.1) is 4.47 Å². The van der Waals surface area contributed by atoms with Gasteiger partial charge in [0.25, 0.3) is 0 Å². The Labute approximate surface area is 99.6 Å². The molecule has 84 valence electrons. The maximum atomic E-state index is 5.42. The lowest BCUT2D eigenvalue weighted by atomic mass is 10.2. The van der Waals surface area contributed by atoms with Crippen LogP contribution in [0.5, 0.6) is 0 Å². The second-order valence-corrected chi connectivity index (χ2v) is 4.32. The van der Waals surface area contributed by atoms with Gasteiger partial charge in [0, 0.05) is 12.7 Å². The number of hydrogen-bond acceptors (Lipinski definition) is 3. The topological polar surface area (TPSA) is 50.9 Å². The summed E-state index contributed by atoms with van der Waals surface area (Å²) in [5.74, 6) is 0.927. The van der Waals surface area contributed by atoms with Crippen molar-refractivity contribution in [2.75, 3.05) is 18.4 Å². The number of hydrogen-bond donors (Lipinski definition) is 2. The van der Waals surface area contributed by atoms with E-state index >= 15 is 0 Å². The zero-order chi connectivity index (χ0) is 10.9. The number of nitrogens with one attached hydrogen (secondary N) is 1. The number of rotatable bonds is 7. The third-order valence-corrected chi connectivity index (χ3v) is 2.82. The van der Waals surface area contributed by atoms with Crippen molar-refractivity contribution in [3.63, 3.8) is 0 Å². The Balaban J connectivity index is 2.12. The molecule has 0 bridgehead atoms. The maximum Gasteiger partial charge on any atom is 0.140 e. The normalized spacial score (nSPS) is 10.3. The van der Waals surface area contributed by atoms with E-state index in [0.717, 1.165) is 29.8 Å². The minimum Gasteiger partial charge on any atom is -0.369 e. The molecular weight excluding hydrogens is 254 g/mol. The number of anilines is 1. The number of halogens is 1. The van der Waals surface area contributed by atoms with Crippen molar-refractivity contribution in [2.45, 2.75) is 25.7 Å². The Hall–Kier alpha value is -0.610. The van der Waals surface area contributed by atoms with Gasteiger partial charge in [-0.25, -0.2) is 4.98 Å². The lowest BCUT2D eigenvalue weighted by molar-refractivity contribution is 0.661. The van der Waals surface area contributed by atoms with Gasteiger partial charge >= 0.3 is 0 Å². The van der Waals surface area contributed by atoms with E-state index in [9.17, 15) is 0 Å². The van der Waals surface area contributed by atoms with Crippen LogP contribution < -0.4 is 11.1 Å². The summed E-state index contributed by atoms with van der Waals surface area (Å²) in [7, 11) is 0. The molecule has 0 atom stereocenters. The highest BCUT2D eigenvalue weighted by molar-refractivity contribution is 9.10. The number of unbranched alkanes of at least 4 members (excludes halogenated alkanes) is 3. The first-order chi connectivity index (χ1) is 7.34. The van der Waals surface area contributed by atoms with Crippen molar-refractivity contribution < 1.29 is 0 Å². The lowest BCUT2D eigenvalue weighted by Crippen LogP contribution is -2.04. The molecule has 15 heavy (non-hydrogen) atoms. The molecule has 1 rings (SSSR count). The first-order valence-electron chi connectivity index (χ1n) is 5.39. The van der Waals surface area contributed by atoms with E-state index in [1.807, 2.05) is 12.1 Å². The number of nitrogens with zero attached hydrogens (tertiary/aromatic N) is 1. The van der Waals surface area contributed by atoms with Crippen LogP contribution in [0.25, 0.3) is 0 Å². The molecule has 3 nitrogen and oxygen atoms in total. The molecule has 0 radical (unpaired) electrons. The minimum atomic E-state index is 0.805. The van der Waals surface area contributed by atoms with Crippen LogP contribution in [0, 0.1) is 0 Å². The van der Waals surface area contributed by atoms with Crippen molar-refractivity contribution in [3.8, 4) is 0 Å². The average Bonchev–Trinajstić information content (AvgIpc) is 2.25. The summed E-state index contributed by atoms with van der Waals surface area (Å²) in [6.07, 6.45) is 6.55. The lowest BCUT2D eigenvalue weighted by Gasteiger charge is -2.06. The smallest absolute Gasteiger partial charge is 0.140 e. The third kappa shape index (κ3) is 5.14. The highest BCUT2D eigenvalue weighted by atomic mass is 79.9. The fourth-order valence-corrected chi connectivity index (χ4v) is 1.74. The van der Waals surface area contributed by atoms with E-state index in [-0.39, 0.29) is 0 Å². The van der Waals surface area contributed by atoms with E-state index < -0.39 is 0 Å². The molecule has 0 saturated carbocycles. The van der Waals surface area contributed by atoms with Crippen LogP contribution in [0.15, 0.2) is 22.8 Å². The van der Waals surface area contributed by atoms with Crippen LogP contribution in [0.1, 0.15) is 25.7 Å². The van der Waals surface area contributed by atoms with Crippen molar-refractivity contribution in [1.29, 1.82) is 0 Å². The van der Waals surface area contributed by atoms with Gasteiger partial charge in [-0.3, -0.25) is 0 Å². The number of pyridine rings is 1. The first kappa shape index (κ1) is 12.5. The van der Waals surface area contributed by atoms with Crippen LogP contribution in [-0.2, 0) is 0 Å². The Morgan fingerprint density at radius 2 is 2.07 bits per heavy atom. The molecule has 0 spiro atoms. The highest BCUT2D eigenvalue weighted by Crippen LogP contribution is 2.18. The van der Waals surface area contributed by atoms with Gasteiger partial charge in [0.1, 0.15) is 5.82 Å². The summed E-state index contributed by atoms with van der Waals surface area (Å²) < 4.78 is 1.02. The van der Waals surface area contributed by atoms with Crippen LogP contribution in [0.2, 0.25) is 0 Å². The Morgan fingerprint density at radius 1 is 1.27 bits per heavy atom. The van der Waals surface area contributed by atoms with Crippen LogP contribution in [0.4, 0.5) is 5.82 Å². The van der Waals surface area contributed by atoms with Crippen LogP contribution in [-0.4, -0.2) is 18.1 Å². The SMILES string of the molecule is NCCCCCCNc1ncccc1Br. The second-order valence-electron chi connectivity index (χ2n) is 3.46. The van der Waals surface area contributed by atoms with Crippen molar-refractivity contribution in [2.24, 2.45) is 5.73 Å². The number of aromatic nitrogens is 1. The quantitative estimate of drug-likeness (QED) is 0.750. The monoisotopic (exact) mass is 271 g/mol. The van der Waals surface area contributed by atoms with E-state index in [0.29, 0.717) is 0 Å². The molecule has 0 aromatic carbocycles. The van der Waals surface area contributed by atoms with Gasteiger partial charge in [-0.05, 0) is 47.4 Å². The zero-order valence-electron chi connectivity index (χ0n) is 8.88. The maximum absolute atomic E-state index is 5.42. The molecule has 1 aromatic rings. The van der Waals surface area contributed by atoms with Gasteiger partial charge < -0.3 is 11.1 Å². The second kappa shape index (κ2) is 7.65. The first-order valence-corrected chi connectivity index (χ1v) is 6.18. The summed E-state index contributed by atoms with van der Waals surface area (Å²) in [5, 5.41) is 3.30.